The molecule has 1 aromatic carbocycles. The van der Waals surface area contributed by atoms with Crippen molar-refractivity contribution in [1.82, 2.24) is 9.88 Å². The van der Waals surface area contributed by atoms with Gasteiger partial charge in [-0.05, 0) is 35.9 Å². The fraction of sp³-hybridized carbons (Fsp3) is 0.381. The Balaban J connectivity index is 1.68. The quantitative estimate of drug-likeness (QED) is 0.574. The summed E-state index contributed by atoms with van der Waals surface area (Å²) in [6, 6.07) is 11.9. The van der Waals surface area contributed by atoms with Gasteiger partial charge in [-0.15, -0.1) is 11.3 Å². The van der Waals surface area contributed by atoms with Gasteiger partial charge >= 0.3 is 0 Å². The second-order valence-corrected chi connectivity index (χ2v) is 8.11. The van der Waals surface area contributed by atoms with Crippen LogP contribution in [0.5, 0.6) is 0 Å². The van der Waals surface area contributed by atoms with E-state index in [4.69, 9.17) is 0 Å². The van der Waals surface area contributed by atoms with Crippen LogP contribution in [0.4, 0.5) is 8.78 Å². The van der Waals surface area contributed by atoms with Crippen LogP contribution in [0.25, 0.3) is 10.1 Å². The zero-order valence-corrected chi connectivity index (χ0v) is 15.6. The Bertz CT molecular complexity index is 908. The van der Waals surface area contributed by atoms with Crippen LogP contribution < -0.4 is 0 Å². The van der Waals surface area contributed by atoms with E-state index in [0.717, 1.165) is 19.5 Å². The molecule has 0 saturated carbocycles. The molecule has 3 heterocycles. The minimum Gasteiger partial charge on any atom is -0.300 e. The topological polar surface area (TPSA) is 16.1 Å². The molecule has 3 aromatic rings. The van der Waals surface area contributed by atoms with Crippen molar-refractivity contribution < 1.29 is 8.78 Å². The molecule has 0 spiro atoms. The Morgan fingerprint density at radius 1 is 1.27 bits per heavy atom. The van der Waals surface area contributed by atoms with Crippen molar-refractivity contribution in [3.8, 4) is 0 Å². The molecular formula is C21H22F2N2S. The van der Waals surface area contributed by atoms with Crippen LogP contribution >= 0.6 is 11.3 Å². The molecule has 2 aromatic heterocycles. The van der Waals surface area contributed by atoms with Gasteiger partial charge in [0.15, 0.2) is 0 Å². The van der Waals surface area contributed by atoms with E-state index in [0.29, 0.717) is 18.5 Å². The zero-order chi connectivity index (χ0) is 18.1. The average molecular weight is 372 g/mol. The number of alkyl halides is 1. The van der Waals surface area contributed by atoms with Crippen LogP contribution in [-0.4, -0.2) is 35.7 Å². The highest BCUT2D eigenvalue weighted by Gasteiger charge is 2.24. The molecule has 2 atom stereocenters. The predicted molar refractivity (Wildman–Crippen MR) is 103 cm³/mol. The lowest BCUT2D eigenvalue weighted by atomic mass is 9.91. The first-order valence-corrected chi connectivity index (χ1v) is 9.92. The number of fused-ring (bicyclic) bond motifs is 1. The van der Waals surface area contributed by atoms with Gasteiger partial charge in [-0.3, -0.25) is 4.90 Å². The zero-order valence-electron chi connectivity index (χ0n) is 14.8. The molecule has 0 bridgehead atoms. The molecule has 1 aliphatic heterocycles. The first-order valence-electron chi connectivity index (χ1n) is 9.10. The van der Waals surface area contributed by atoms with Crippen LogP contribution in [0.1, 0.15) is 35.3 Å². The van der Waals surface area contributed by atoms with Gasteiger partial charge < -0.3 is 0 Å². The number of hydrogen-bond acceptors (Lipinski definition) is 3. The fourth-order valence-corrected chi connectivity index (χ4v) is 5.19. The van der Waals surface area contributed by atoms with E-state index < -0.39 is 12.1 Å². The molecule has 4 rings (SSSR count). The highest BCUT2D eigenvalue weighted by Crippen LogP contribution is 2.39. The van der Waals surface area contributed by atoms with Crippen LogP contribution in [0.3, 0.4) is 0 Å². The number of aromatic nitrogens is 1. The Hall–Kier alpha value is -1.85. The largest absolute Gasteiger partial charge is 0.300 e. The molecule has 1 fully saturated rings. The van der Waals surface area contributed by atoms with Crippen molar-refractivity contribution in [1.29, 1.82) is 0 Å². The lowest BCUT2D eigenvalue weighted by Crippen LogP contribution is -2.23. The van der Waals surface area contributed by atoms with E-state index in [9.17, 15) is 8.78 Å². The molecule has 136 valence electrons. The predicted octanol–water partition coefficient (Wildman–Crippen LogP) is 5.17. The van der Waals surface area contributed by atoms with E-state index in [1.54, 1.807) is 17.4 Å². The Morgan fingerprint density at radius 3 is 2.88 bits per heavy atom. The maximum Gasteiger partial charge on any atom is 0.216 e. The van der Waals surface area contributed by atoms with Crippen LogP contribution in [-0.2, 0) is 6.42 Å². The van der Waals surface area contributed by atoms with Crippen molar-refractivity contribution in [2.24, 2.45) is 0 Å². The molecule has 26 heavy (non-hydrogen) atoms. The van der Waals surface area contributed by atoms with Gasteiger partial charge in [-0.1, -0.05) is 31.2 Å². The lowest BCUT2D eigenvalue weighted by molar-refractivity contribution is 0.290. The monoisotopic (exact) mass is 372 g/mol. The molecule has 0 radical (unpaired) electrons. The number of likely N-dealkylation sites (tertiary alicyclic amines) is 1. The Morgan fingerprint density at radius 2 is 2.12 bits per heavy atom. The minimum absolute atomic E-state index is 0.0673. The SMILES string of the molecule is C[C@@H](c1cccnc1F)c1c(CCN2CCC(F)C2)sc2ccccc12. The summed E-state index contributed by atoms with van der Waals surface area (Å²) in [5.41, 5.74) is 1.82. The molecular weight excluding hydrogens is 350 g/mol. The second-order valence-electron chi connectivity index (χ2n) is 6.98. The first-order chi connectivity index (χ1) is 12.6. The third kappa shape index (κ3) is 3.38. The Labute approximate surface area is 156 Å². The summed E-state index contributed by atoms with van der Waals surface area (Å²) in [6.45, 7) is 4.26. The van der Waals surface area contributed by atoms with E-state index in [-0.39, 0.29) is 5.92 Å². The summed E-state index contributed by atoms with van der Waals surface area (Å²) >= 11 is 1.77. The maximum absolute atomic E-state index is 14.3. The van der Waals surface area contributed by atoms with E-state index in [2.05, 4.69) is 22.0 Å². The van der Waals surface area contributed by atoms with Crippen molar-refractivity contribution in [3.63, 3.8) is 0 Å². The van der Waals surface area contributed by atoms with E-state index >= 15 is 0 Å². The first kappa shape index (κ1) is 17.6. The summed E-state index contributed by atoms with van der Waals surface area (Å²) in [6.07, 6.45) is 2.30. The van der Waals surface area contributed by atoms with E-state index in [1.807, 2.05) is 25.1 Å². The Kier molecular flexibility index (Phi) is 5.00. The van der Waals surface area contributed by atoms with Gasteiger partial charge in [0.25, 0.3) is 0 Å². The molecule has 1 saturated heterocycles. The average Bonchev–Trinajstić information content (AvgIpc) is 3.22. The molecule has 2 nitrogen and oxygen atoms in total. The molecule has 0 amide bonds. The molecule has 5 heteroatoms. The number of hydrogen-bond donors (Lipinski definition) is 0. The van der Waals surface area contributed by atoms with Crippen molar-refractivity contribution in [2.75, 3.05) is 19.6 Å². The van der Waals surface area contributed by atoms with Gasteiger partial charge in [0, 0.05) is 46.9 Å². The van der Waals surface area contributed by atoms with Crippen molar-refractivity contribution >= 4 is 21.4 Å². The summed E-state index contributed by atoms with van der Waals surface area (Å²) in [5.74, 6) is -0.469. The second kappa shape index (κ2) is 7.41. The number of pyridine rings is 1. The minimum atomic E-state index is -0.694. The molecule has 0 N–H and O–H groups in total. The molecule has 1 aliphatic rings. The smallest absolute Gasteiger partial charge is 0.216 e. The lowest BCUT2D eigenvalue weighted by Gasteiger charge is -2.17. The number of benzene rings is 1. The van der Waals surface area contributed by atoms with Gasteiger partial charge in [0.1, 0.15) is 6.17 Å². The van der Waals surface area contributed by atoms with Gasteiger partial charge in [0.05, 0.1) is 0 Å². The third-order valence-corrected chi connectivity index (χ3v) is 6.51. The van der Waals surface area contributed by atoms with Crippen molar-refractivity contribution in [2.45, 2.75) is 31.9 Å². The molecule has 1 unspecified atom stereocenters. The van der Waals surface area contributed by atoms with E-state index in [1.165, 1.54) is 26.7 Å². The highest BCUT2D eigenvalue weighted by atomic mass is 32.1. The normalized spacial score (nSPS) is 19.3. The number of halogens is 2. The van der Waals surface area contributed by atoms with Gasteiger partial charge in [0.2, 0.25) is 5.95 Å². The summed E-state index contributed by atoms with van der Waals surface area (Å²) in [4.78, 5) is 7.28. The van der Waals surface area contributed by atoms with Crippen LogP contribution in [0.15, 0.2) is 42.6 Å². The number of thiophene rings is 1. The van der Waals surface area contributed by atoms with Crippen LogP contribution in [0, 0.1) is 5.95 Å². The highest BCUT2D eigenvalue weighted by molar-refractivity contribution is 7.19. The summed E-state index contributed by atoms with van der Waals surface area (Å²) in [7, 11) is 0. The summed E-state index contributed by atoms with van der Waals surface area (Å²) < 4.78 is 29.0. The number of nitrogens with zero attached hydrogens (tertiary/aromatic N) is 2. The van der Waals surface area contributed by atoms with Crippen molar-refractivity contribution in [3.05, 3.63) is 64.5 Å². The molecule has 0 aliphatic carbocycles. The van der Waals surface area contributed by atoms with Crippen LogP contribution in [0.2, 0.25) is 0 Å². The van der Waals surface area contributed by atoms with Gasteiger partial charge in [-0.25, -0.2) is 9.37 Å². The van der Waals surface area contributed by atoms with Gasteiger partial charge in [-0.2, -0.15) is 4.39 Å². The number of rotatable bonds is 5. The summed E-state index contributed by atoms with van der Waals surface area (Å²) in [5, 5.41) is 1.19. The fourth-order valence-electron chi connectivity index (χ4n) is 3.90. The maximum atomic E-state index is 14.3. The standard InChI is InChI=1S/C21H22F2N2S/c1-14(16-6-4-10-24-21(16)23)20-17-5-2-3-7-18(17)26-19(20)9-12-25-11-8-15(22)13-25/h2-7,10,14-15H,8-9,11-13H2,1H3/t14-,15?/m0/s1. The third-order valence-electron chi connectivity index (χ3n) is 5.27.